The third-order valence-corrected chi connectivity index (χ3v) is 8.24. The molecule has 4 aromatic rings. The Morgan fingerprint density at radius 2 is 1.65 bits per heavy atom. The molecular weight excluding hydrogens is 510 g/mol. The third kappa shape index (κ3) is 6.05. The van der Waals surface area contributed by atoms with E-state index in [1.807, 2.05) is 42.5 Å². The van der Waals surface area contributed by atoms with Gasteiger partial charge in [-0.3, -0.25) is 9.71 Å². The van der Waals surface area contributed by atoms with Crippen molar-refractivity contribution in [3.05, 3.63) is 109 Å². The molecule has 1 N–H and O–H groups in total. The van der Waals surface area contributed by atoms with E-state index in [1.54, 1.807) is 12.1 Å². The van der Waals surface area contributed by atoms with Crippen LogP contribution < -0.4 is 4.72 Å². The van der Waals surface area contributed by atoms with E-state index in [2.05, 4.69) is 22.9 Å². The molecule has 0 spiro atoms. The van der Waals surface area contributed by atoms with Crippen LogP contribution in [-0.2, 0) is 20.0 Å². The molecule has 37 heavy (non-hydrogen) atoms. The van der Waals surface area contributed by atoms with Gasteiger partial charge in [-0.2, -0.15) is 4.31 Å². The number of nitrogens with zero attached hydrogens (tertiary/aromatic N) is 2. The zero-order valence-electron chi connectivity index (χ0n) is 19.8. The molecule has 0 aliphatic rings. The van der Waals surface area contributed by atoms with E-state index in [9.17, 15) is 16.8 Å². The largest absolute Gasteiger partial charge is 0.456 e. The van der Waals surface area contributed by atoms with E-state index in [1.165, 1.54) is 30.5 Å². The van der Waals surface area contributed by atoms with Gasteiger partial charge in [0.25, 0.3) is 10.0 Å². The maximum absolute atomic E-state index is 13.1. The smallest absolute Gasteiger partial charge is 0.255 e. The van der Waals surface area contributed by atoms with Gasteiger partial charge >= 0.3 is 0 Å². The summed E-state index contributed by atoms with van der Waals surface area (Å²) in [5.41, 5.74) is 2.16. The second kappa shape index (κ2) is 11.0. The van der Waals surface area contributed by atoms with Crippen molar-refractivity contribution in [2.24, 2.45) is 0 Å². The van der Waals surface area contributed by atoms with Crippen LogP contribution in [0.25, 0.3) is 28.4 Å². The standard InChI is InChI=1S/C27H25N3O5S2/c1-3-16-30(17-4-2)37(33,34)27-20-28-15-13-24(27)29-36(31,32)18-14-21-9-11-22(12-10-21)26-19-23-7-5-6-8-25(23)35-26/h3-15,18-20H,1-2,16-17H2,(H,28,29)/b18-14+. The number of nitrogens with one attached hydrogen (secondary N) is 1. The number of rotatable bonds is 11. The monoisotopic (exact) mass is 535 g/mol. The highest BCUT2D eigenvalue weighted by molar-refractivity contribution is 7.95. The van der Waals surface area contributed by atoms with Gasteiger partial charge in [-0.15, -0.1) is 13.2 Å². The van der Waals surface area contributed by atoms with E-state index in [0.29, 0.717) is 11.3 Å². The Balaban J connectivity index is 1.53. The SMILES string of the molecule is C=CCN(CC=C)S(=O)(=O)c1cnccc1NS(=O)(=O)/C=C/c1ccc(-c2cc3ccccc3o2)cc1. The molecule has 2 heterocycles. The lowest BCUT2D eigenvalue weighted by atomic mass is 10.1. The van der Waals surface area contributed by atoms with Crippen molar-refractivity contribution in [3.63, 3.8) is 0 Å². The molecule has 2 aromatic heterocycles. The zero-order chi connectivity index (χ0) is 26.5. The predicted molar refractivity (Wildman–Crippen MR) is 147 cm³/mol. The van der Waals surface area contributed by atoms with Gasteiger partial charge in [-0.05, 0) is 29.8 Å². The van der Waals surface area contributed by atoms with Gasteiger partial charge in [0.1, 0.15) is 16.2 Å². The van der Waals surface area contributed by atoms with Gasteiger partial charge in [-0.1, -0.05) is 54.6 Å². The molecule has 0 radical (unpaired) electrons. The van der Waals surface area contributed by atoms with Gasteiger partial charge in [0, 0.05) is 36.4 Å². The van der Waals surface area contributed by atoms with Crippen molar-refractivity contribution < 1.29 is 21.3 Å². The fraction of sp³-hybridized carbons (Fsp3) is 0.0741. The van der Waals surface area contributed by atoms with Crippen LogP contribution >= 0.6 is 0 Å². The molecule has 0 bridgehead atoms. The highest BCUT2D eigenvalue weighted by Crippen LogP contribution is 2.28. The normalized spacial score (nSPS) is 12.2. The minimum atomic E-state index is -4.07. The van der Waals surface area contributed by atoms with Crippen LogP contribution in [0.2, 0.25) is 0 Å². The van der Waals surface area contributed by atoms with Crippen molar-refractivity contribution in [2.45, 2.75) is 4.90 Å². The lowest BCUT2D eigenvalue weighted by Crippen LogP contribution is -2.32. The van der Waals surface area contributed by atoms with E-state index < -0.39 is 20.0 Å². The van der Waals surface area contributed by atoms with Crippen LogP contribution in [0.15, 0.2) is 113 Å². The van der Waals surface area contributed by atoms with Crippen molar-refractivity contribution >= 4 is 42.8 Å². The lowest BCUT2D eigenvalue weighted by Gasteiger charge is -2.20. The number of anilines is 1. The summed E-state index contributed by atoms with van der Waals surface area (Å²) < 4.78 is 61.2. The van der Waals surface area contributed by atoms with Crippen molar-refractivity contribution in [1.82, 2.24) is 9.29 Å². The first-order valence-corrected chi connectivity index (χ1v) is 14.2. The van der Waals surface area contributed by atoms with Crippen molar-refractivity contribution in [1.29, 1.82) is 0 Å². The Kier molecular flexibility index (Phi) is 7.72. The first kappa shape index (κ1) is 26.1. The van der Waals surface area contributed by atoms with Crippen molar-refractivity contribution in [3.8, 4) is 11.3 Å². The molecule has 0 saturated carbocycles. The minimum Gasteiger partial charge on any atom is -0.456 e. The molecule has 190 valence electrons. The highest BCUT2D eigenvalue weighted by atomic mass is 32.2. The number of aromatic nitrogens is 1. The molecule has 0 aliphatic carbocycles. The lowest BCUT2D eigenvalue weighted by molar-refractivity contribution is 0.474. The maximum atomic E-state index is 13.1. The van der Waals surface area contributed by atoms with Crippen LogP contribution in [0.1, 0.15) is 5.56 Å². The van der Waals surface area contributed by atoms with E-state index >= 15 is 0 Å². The maximum Gasteiger partial charge on any atom is 0.255 e. The Bertz CT molecular complexity index is 1630. The molecule has 10 heteroatoms. The molecule has 0 amide bonds. The molecule has 0 atom stereocenters. The summed E-state index contributed by atoms with van der Waals surface area (Å²) in [5.74, 6) is 0.708. The molecule has 0 aliphatic heterocycles. The summed E-state index contributed by atoms with van der Waals surface area (Å²) in [6.07, 6.45) is 6.70. The molecule has 2 aromatic carbocycles. The second-order valence-electron chi connectivity index (χ2n) is 7.99. The number of pyridine rings is 1. The fourth-order valence-electron chi connectivity index (χ4n) is 3.61. The molecule has 0 saturated heterocycles. The second-order valence-corrected chi connectivity index (χ2v) is 11.5. The Labute approximate surface area is 216 Å². The number of para-hydroxylation sites is 1. The van der Waals surface area contributed by atoms with Crippen LogP contribution in [0, 0.1) is 0 Å². The van der Waals surface area contributed by atoms with Gasteiger partial charge in [-0.25, -0.2) is 16.8 Å². The molecule has 8 nitrogen and oxygen atoms in total. The first-order chi connectivity index (χ1) is 17.7. The number of benzene rings is 2. The van der Waals surface area contributed by atoms with Gasteiger partial charge in [0.05, 0.1) is 11.1 Å². The summed E-state index contributed by atoms with van der Waals surface area (Å²) in [7, 11) is -8.11. The van der Waals surface area contributed by atoms with Crippen molar-refractivity contribution in [2.75, 3.05) is 17.8 Å². The first-order valence-electron chi connectivity index (χ1n) is 11.2. The number of hydrogen-bond donors (Lipinski definition) is 1. The summed E-state index contributed by atoms with van der Waals surface area (Å²) in [6, 6.07) is 18.1. The zero-order valence-corrected chi connectivity index (χ0v) is 21.5. The molecule has 4 rings (SSSR count). The van der Waals surface area contributed by atoms with E-state index in [-0.39, 0.29) is 23.7 Å². The third-order valence-electron chi connectivity index (χ3n) is 5.38. The van der Waals surface area contributed by atoms with E-state index in [0.717, 1.165) is 32.4 Å². The quantitative estimate of drug-likeness (QED) is 0.262. The summed E-state index contributed by atoms with van der Waals surface area (Å²) in [4.78, 5) is 3.59. The molecular formula is C27H25N3O5S2. The van der Waals surface area contributed by atoms with Crippen LogP contribution in [0.4, 0.5) is 5.69 Å². The molecule has 0 fully saturated rings. The van der Waals surface area contributed by atoms with Gasteiger partial charge in [0.2, 0.25) is 10.0 Å². The average Bonchev–Trinajstić information content (AvgIpc) is 3.32. The van der Waals surface area contributed by atoms with Gasteiger partial charge in [0.15, 0.2) is 0 Å². The Morgan fingerprint density at radius 3 is 2.32 bits per heavy atom. The van der Waals surface area contributed by atoms with E-state index in [4.69, 9.17) is 4.42 Å². The Morgan fingerprint density at radius 1 is 0.946 bits per heavy atom. The number of sulfonamides is 2. The highest BCUT2D eigenvalue weighted by Gasteiger charge is 2.27. The minimum absolute atomic E-state index is 0.0271. The summed E-state index contributed by atoms with van der Waals surface area (Å²) in [5, 5.41) is 1.97. The Hall–Kier alpha value is -3.99. The van der Waals surface area contributed by atoms with Crippen LogP contribution in [0.5, 0.6) is 0 Å². The molecule has 0 unspecified atom stereocenters. The average molecular weight is 536 g/mol. The number of fused-ring (bicyclic) bond motifs is 1. The number of furan rings is 1. The van der Waals surface area contributed by atoms with Crippen LogP contribution in [0.3, 0.4) is 0 Å². The topological polar surface area (TPSA) is 110 Å². The van der Waals surface area contributed by atoms with Gasteiger partial charge < -0.3 is 4.42 Å². The predicted octanol–water partition coefficient (Wildman–Crippen LogP) is 5.27. The summed E-state index contributed by atoms with van der Waals surface area (Å²) >= 11 is 0. The summed E-state index contributed by atoms with van der Waals surface area (Å²) in [6.45, 7) is 7.21. The van der Waals surface area contributed by atoms with Crippen LogP contribution in [-0.4, -0.2) is 39.2 Å². The fourth-order valence-corrected chi connectivity index (χ4v) is 6.03. The number of hydrogen-bond acceptors (Lipinski definition) is 6.